The Morgan fingerprint density at radius 1 is 1.50 bits per heavy atom. The summed E-state index contributed by atoms with van der Waals surface area (Å²) in [6.45, 7) is 4.25. The summed E-state index contributed by atoms with van der Waals surface area (Å²) in [5.41, 5.74) is 5.24. The van der Waals surface area contributed by atoms with Crippen LogP contribution >= 0.6 is 0 Å². The average molecular weight is 197 g/mol. The maximum atomic E-state index is 10.9. The maximum absolute atomic E-state index is 10.9. The standard InChI is InChI=1S/C10H19N3O/c1-7(10(11)14)12-8-4-6-13-5-2-3-9(8)13/h7-9,12H,2-6H2,1H3,(H2,11,14). The van der Waals surface area contributed by atoms with Crippen molar-refractivity contribution in [2.75, 3.05) is 13.1 Å². The van der Waals surface area contributed by atoms with Gasteiger partial charge in [-0.25, -0.2) is 0 Å². The van der Waals surface area contributed by atoms with Gasteiger partial charge in [-0.3, -0.25) is 9.69 Å². The van der Waals surface area contributed by atoms with Crippen LogP contribution in [-0.4, -0.2) is 42.0 Å². The lowest BCUT2D eigenvalue weighted by Gasteiger charge is -2.23. The van der Waals surface area contributed by atoms with Gasteiger partial charge in [0.1, 0.15) is 0 Å². The van der Waals surface area contributed by atoms with E-state index < -0.39 is 0 Å². The Kier molecular flexibility index (Phi) is 2.74. The molecule has 0 bridgehead atoms. The van der Waals surface area contributed by atoms with Gasteiger partial charge in [-0.1, -0.05) is 0 Å². The lowest BCUT2D eigenvalue weighted by molar-refractivity contribution is -0.119. The van der Waals surface area contributed by atoms with E-state index in [9.17, 15) is 4.79 Å². The summed E-state index contributed by atoms with van der Waals surface area (Å²) in [5, 5.41) is 3.33. The Hall–Kier alpha value is -0.610. The Morgan fingerprint density at radius 2 is 2.29 bits per heavy atom. The molecule has 0 aromatic rings. The molecule has 3 N–H and O–H groups in total. The lowest BCUT2D eigenvalue weighted by Crippen LogP contribution is -2.48. The summed E-state index contributed by atoms with van der Waals surface area (Å²) in [6, 6.07) is 0.928. The third-order valence-electron chi connectivity index (χ3n) is 3.50. The molecule has 0 aromatic carbocycles. The van der Waals surface area contributed by atoms with Crippen molar-refractivity contribution in [3.8, 4) is 0 Å². The van der Waals surface area contributed by atoms with E-state index in [2.05, 4.69) is 10.2 Å². The van der Waals surface area contributed by atoms with Gasteiger partial charge in [0.15, 0.2) is 0 Å². The molecule has 4 nitrogen and oxygen atoms in total. The molecule has 2 aliphatic rings. The van der Waals surface area contributed by atoms with Crippen LogP contribution in [0.1, 0.15) is 26.2 Å². The van der Waals surface area contributed by atoms with Gasteiger partial charge in [0.25, 0.3) is 0 Å². The minimum absolute atomic E-state index is 0.194. The van der Waals surface area contributed by atoms with E-state index in [4.69, 9.17) is 5.73 Å². The number of fused-ring (bicyclic) bond motifs is 1. The van der Waals surface area contributed by atoms with Crippen molar-refractivity contribution in [1.82, 2.24) is 10.2 Å². The molecule has 1 amide bonds. The normalized spacial score (nSPS) is 34.4. The van der Waals surface area contributed by atoms with E-state index in [1.165, 1.54) is 25.9 Å². The number of hydrogen-bond donors (Lipinski definition) is 2. The van der Waals surface area contributed by atoms with E-state index in [0.717, 1.165) is 6.42 Å². The predicted molar refractivity (Wildman–Crippen MR) is 54.8 cm³/mol. The Balaban J connectivity index is 1.89. The molecule has 0 saturated carbocycles. The van der Waals surface area contributed by atoms with E-state index in [-0.39, 0.29) is 11.9 Å². The van der Waals surface area contributed by atoms with Gasteiger partial charge in [0.2, 0.25) is 5.91 Å². The number of hydrogen-bond acceptors (Lipinski definition) is 3. The molecule has 0 aromatic heterocycles. The molecule has 3 atom stereocenters. The van der Waals surface area contributed by atoms with E-state index >= 15 is 0 Å². The van der Waals surface area contributed by atoms with Gasteiger partial charge in [-0.15, -0.1) is 0 Å². The highest BCUT2D eigenvalue weighted by Crippen LogP contribution is 2.27. The molecule has 4 heteroatoms. The topological polar surface area (TPSA) is 58.4 Å². The second kappa shape index (κ2) is 3.87. The second-order valence-corrected chi connectivity index (χ2v) is 4.43. The first-order valence-corrected chi connectivity index (χ1v) is 5.48. The molecule has 2 aliphatic heterocycles. The minimum Gasteiger partial charge on any atom is -0.368 e. The summed E-state index contributed by atoms with van der Waals surface area (Å²) >= 11 is 0. The first-order valence-electron chi connectivity index (χ1n) is 5.48. The zero-order chi connectivity index (χ0) is 10.1. The third kappa shape index (κ3) is 1.77. The molecule has 14 heavy (non-hydrogen) atoms. The maximum Gasteiger partial charge on any atom is 0.234 e. The van der Waals surface area contributed by atoms with E-state index in [1.807, 2.05) is 6.92 Å². The lowest BCUT2D eigenvalue weighted by atomic mass is 10.1. The summed E-state index contributed by atoms with van der Waals surface area (Å²) in [5.74, 6) is -0.249. The smallest absolute Gasteiger partial charge is 0.234 e. The van der Waals surface area contributed by atoms with Gasteiger partial charge in [-0.05, 0) is 32.7 Å². The van der Waals surface area contributed by atoms with Crippen LogP contribution in [-0.2, 0) is 4.79 Å². The van der Waals surface area contributed by atoms with Crippen LogP contribution in [0.2, 0.25) is 0 Å². The number of nitrogens with two attached hydrogens (primary N) is 1. The molecule has 2 heterocycles. The van der Waals surface area contributed by atoms with Gasteiger partial charge < -0.3 is 11.1 Å². The van der Waals surface area contributed by atoms with Crippen LogP contribution in [0.15, 0.2) is 0 Å². The highest BCUT2D eigenvalue weighted by Gasteiger charge is 2.37. The van der Waals surface area contributed by atoms with Crippen LogP contribution < -0.4 is 11.1 Å². The van der Waals surface area contributed by atoms with Crippen molar-refractivity contribution < 1.29 is 4.79 Å². The highest BCUT2D eigenvalue weighted by molar-refractivity contribution is 5.79. The number of nitrogens with one attached hydrogen (secondary N) is 1. The Bertz CT molecular complexity index is 231. The molecule has 2 saturated heterocycles. The Morgan fingerprint density at radius 3 is 3.00 bits per heavy atom. The molecule has 2 fully saturated rings. The molecule has 0 radical (unpaired) electrons. The summed E-state index contributed by atoms with van der Waals surface area (Å²) < 4.78 is 0. The molecular formula is C10H19N3O. The van der Waals surface area contributed by atoms with Gasteiger partial charge >= 0.3 is 0 Å². The molecule has 3 unspecified atom stereocenters. The van der Waals surface area contributed by atoms with Gasteiger partial charge in [0.05, 0.1) is 6.04 Å². The van der Waals surface area contributed by atoms with Crippen molar-refractivity contribution in [1.29, 1.82) is 0 Å². The fourth-order valence-corrected chi connectivity index (χ4v) is 2.68. The number of rotatable bonds is 3. The van der Waals surface area contributed by atoms with Crippen LogP contribution in [0.3, 0.4) is 0 Å². The van der Waals surface area contributed by atoms with Gasteiger partial charge in [-0.2, -0.15) is 0 Å². The highest BCUT2D eigenvalue weighted by atomic mass is 16.1. The minimum atomic E-state index is -0.249. The van der Waals surface area contributed by atoms with Crippen molar-refractivity contribution in [3.05, 3.63) is 0 Å². The SMILES string of the molecule is CC(NC1CCN2CCCC12)C(N)=O. The van der Waals surface area contributed by atoms with Crippen LogP contribution in [0.25, 0.3) is 0 Å². The number of nitrogens with zero attached hydrogens (tertiary/aromatic N) is 1. The quantitative estimate of drug-likeness (QED) is 0.652. The summed E-state index contributed by atoms with van der Waals surface area (Å²) in [4.78, 5) is 13.4. The second-order valence-electron chi connectivity index (χ2n) is 4.43. The van der Waals surface area contributed by atoms with E-state index in [1.54, 1.807) is 0 Å². The monoisotopic (exact) mass is 197 g/mol. The number of carbonyl (C=O) groups excluding carboxylic acids is 1. The number of primary amides is 1. The van der Waals surface area contributed by atoms with Gasteiger partial charge in [0, 0.05) is 18.6 Å². The molecule has 0 spiro atoms. The van der Waals surface area contributed by atoms with Crippen LogP contribution in [0.4, 0.5) is 0 Å². The fourth-order valence-electron chi connectivity index (χ4n) is 2.68. The fraction of sp³-hybridized carbons (Fsp3) is 0.900. The van der Waals surface area contributed by atoms with E-state index in [0.29, 0.717) is 12.1 Å². The molecule has 0 aliphatic carbocycles. The Labute approximate surface area is 84.8 Å². The average Bonchev–Trinajstić information content (AvgIpc) is 2.69. The van der Waals surface area contributed by atoms with Crippen molar-refractivity contribution in [2.45, 2.75) is 44.3 Å². The van der Waals surface area contributed by atoms with Crippen molar-refractivity contribution in [3.63, 3.8) is 0 Å². The summed E-state index contributed by atoms with van der Waals surface area (Å²) in [6.07, 6.45) is 3.72. The number of carbonyl (C=O) groups is 1. The molecule has 80 valence electrons. The molecular weight excluding hydrogens is 178 g/mol. The third-order valence-corrected chi connectivity index (χ3v) is 3.50. The van der Waals surface area contributed by atoms with Crippen LogP contribution in [0.5, 0.6) is 0 Å². The van der Waals surface area contributed by atoms with Crippen molar-refractivity contribution >= 4 is 5.91 Å². The number of amides is 1. The first kappa shape index (κ1) is 9.93. The van der Waals surface area contributed by atoms with Crippen molar-refractivity contribution in [2.24, 2.45) is 5.73 Å². The zero-order valence-corrected chi connectivity index (χ0v) is 8.70. The first-order chi connectivity index (χ1) is 6.68. The largest absolute Gasteiger partial charge is 0.368 e. The predicted octanol–water partition coefficient (Wildman–Crippen LogP) is -0.313. The van der Waals surface area contributed by atoms with Crippen LogP contribution in [0, 0.1) is 0 Å². The summed E-state index contributed by atoms with van der Waals surface area (Å²) in [7, 11) is 0. The zero-order valence-electron chi connectivity index (χ0n) is 8.70. The molecule has 2 rings (SSSR count).